The zero-order valence-corrected chi connectivity index (χ0v) is 8.96. The third-order valence-electron chi connectivity index (χ3n) is 1.94. The summed E-state index contributed by atoms with van der Waals surface area (Å²) in [6.45, 7) is 2.92. The molecule has 0 radical (unpaired) electrons. The van der Waals surface area contributed by atoms with Crippen LogP contribution in [0.3, 0.4) is 0 Å². The molecule has 84 valence electrons. The monoisotopic (exact) mass is 219 g/mol. The lowest BCUT2D eigenvalue weighted by Gasteiger charge is -2.06. The van der Waals surface area contributed by atoms with Gasteiger partial charge in [-0.05, 0) is 6.42 Å². The molecule has 0 saturated carbocycles. The molecule has 7 heteroatoms. The minimum atomic E-state index is 0.214. The molecular formula is C9H13N7. The predicted octanol–water partition coefficient (Wildman–Crippen LogP) is 0.461. The van der Waals surface area contributed by atoms with Crippen LogP contribution in [0.25, 0.3) is 5.82 Å². The van der Waals surface area contributed by atoms with Crippen molar-refractivity contribution < 1.29 is 0 Å². The molecule has 0 unspecified atom stereocenters. The van der Waals surface area contributed by atoms with Gasteiger partial charge in [-0.25, -0.2) is 9.67 Å². The molecule has 0 aliphatic rings. The van der Waals surface area contributed by atoms with Gasteiger partial charge in [0.15, 0.2) is 5.82 Å². The van der Waals surface area contributed by atoms with Gasteiger partial charge in [-0.1, -0.05) is 6.92 Å². The van der Waals surface area contributed by atoms with Crippen LogP contribution in [0.1, 0.15) is 13.3 Å². The Bertz CT molecular complexity index is 451. The van der Waals surface area contributed by atoms with E-state index in [9.17, 15) is 0 Å². The third-order valence-corrected chi connectivity index (χ3v) is 1.94. The van der Waals surface area contributed by atoms with Crippen molar-refractivity contribution in [3.63, 3.8) is 0 Å². The molecule has 0 amide bonds. The maximum absolute atomic E-state index is 5.61. The van der Waals surface area contributed by atoms with Gasteiger partial charge in [0.1, 0.15) is 18.5 Å². The lowest BCUT2D eigenvalue weighted by molar-refractivity contribution is 0.840. The quantitative estimate of drug-likeness (QED) is 0.775. The molecular weight excluding hydrogens is 206 g/mol. The van der Waals surface area contributed by atoms with Gasteiger partial charge in [0.25, 0.3) is 0 Å². The molecule has 16 heavy (non-hydrogen) atoms. The van der Waals surface area contributed by atoms with Gasteiger partial charge in [0, 0.05) is 12.6 Å². The molecule has 0 atom stereocenters. The number of nitrogens with two attached hydrogens (primary N) is 1. The zero-order valence-electron chi connectivity index (χ0n) is 8.96. The Hall–Kier alpha value is -2.18. The number of nitrogens with zero attached hydrogens (tertiary/aromatic N) is 5. The van der Waals surface area contributed by atoms with Gasteiger partial charge in [0.05, 0.1) is 0 Å². The lowest BCUT2D eigenvalue weighted by atomic mass is 10.4. The molecule has 2 aromatic rings. The molecule has 0 aliphatic heterocycles. The summed E-state index contributed by atoms with van der Waals surface area (Å²) in [6, 6.07) is 1.78. The smallest absolute Gasteiger partial charge is 0.224 e. The fourth-order valence-corrected chi connectivity index (χ4v) is 1.24. The highest BCUT2D eigenvalue weighted by molar-refractivity contribution is 5.45. The van der Waals surface area contributed by atoms with Crippen LogP contribution in [-0.2, 0) is 0 Å². The summed E-state index contributed by atoms with van der Waals surface area (Å²) in [4.78, 5) is 12.0. The van der Waals surface area contributed by atoms with E-state index in [-0.39, 0.29) is 5.95 Å². The third kappa shape index (κ3) is 2.25. The van der Waals surface area contributed by atoms with Gasteiger partial charge in [-0.15, -0.1) is 0 Å². The topological polar surface area (TPSA) is 94.5 Å². The fraction of sp³-hybridized carbons (Fsp3) is 0.333. The molecule has 0 aromatic carbocycles. The van der Waals surface area contributed by atoms with E-state index >= 15 is 0 Å². The summed E-state index contributed by atoms with van der Waals surface area (Å²) in [5.74, 6) is 1.51. The van der Waals surface area contributed by atoms with Gasteiger partial charge < -0.3 is 11.1 Å². The summed E-state index contributed by atoms with van der Waals surface area (Å²) in [5, 5.41) is 7.13. The number of anilines is 2. The highest BCUT2D eigenvalue weighted by Gasteiger charge is 2.04. The van der Waals surface area contributed by atoms with Crippen LogP contribution in [0.5, 0.6) is 0 Å². The Labute approximate surface area is 92.7 Å². The summed E-state index contributed by atoms with van der Waals surface area (Å²) in [5.41, 5.74) is 5.61. The molecule has 2 aromatic heterocycles. The zero-order chi connectivity index (χ0) is 11.4. The number of hydrogen-bond acceptors (Lipinski definition) is 6. The van der Waals surface area contributed by atoms with Crippen LogP contribution in [0.15, 0.2) is 18.7 Å². The average Bonchev–Trinajstić information content (AvgIpc) is 2.79. The Morgan fingerprint density at radius 2 is 2.31 bits per heavy atom. The number of aromatic nitrogens is 5. The van der Waals surface area contributed by atoms with E-state index in [2.05, 4.69) is 32.3 Å². The maximum Gasteiger partial charge on any atom is 0.224 e. The largest absolute Gasteiger partial charge is 0.370 e. The Morgan fingerprint density at radius 3 is 3.00 bits per heavy atom. The van der Waals surface area contributed by atoms with E-state index in [1.165, 1.54) is 11.0 Å². The molecule has 0 bridgehead atoms. The summed E-state index contributed by atoms with van der Waals surface area (Å²) in [6.07, 6.45) is 4.02. The van der Waals surface area contributed by atoms with Crippen molar-refractivity contribution in [1.29, 1.82) is 0 Å². The molecule has 7 nitrogen and oxygen atoms in total. The van der Waals surface area contributed by atoms with E-state index in [0.717, 1.165) is 13.0 Å². The van der Waals surface area contributed by atoms with Crippen LogP contribution in [0, 0.1) is 0 Å². The summed E-state index contributed by atoms with van der Waals surface area (Å²) >= 11 is 0. The van der Waals surface area contributed by atoms with Crippen molar-refractivity contribution in [2.45, 2.75) is 13.3 Å². The highest BCUT2D eigenvalue weighted by Crippen LogP contribution is 2.10. The molecule has 2 rings (SSSR count). The van der Waals surface area contributed by atoms with Crippen LogP contribution in [0.2, 0.25) is 0 Å². The Morgan fingerprint density at radius 1 is 1.44 bits per heavy atom. The molecule has 0 saturated heterocycles. The minimum absolute atomic E-state index is 0.214. The number of hydrogen-bond donors (Lipinski definition) is 2. The van der Waals surface area contributed by atoms with Crippen LogP contribution < -0.4 is 11.1 Å². The first kappa shape index (κ1) is 10.3. The number of rotatable bonds is 4. The highest BCUT2D eigenvalue weighted by atomic mass is 15.3. The van der Waals surface area contributed by atoms with E-state index < -0.39 is 0 Å². The summed E-state index contributed by atoms with van der Waals surface area (Å²) < 4.78 is 1.54. The van der Waals surface area contributed by atoms with Gasteiger partial charge >= 0.3 is 0 Å². The SMILES string of the molecule is CCCNc1cc(-n2cncn2)nc(N)n1. The first-order valence-corrected chi connectivity index (χ1v) is 5.03. The van der Waals surface area contributed by atoms with Crippen molar-refractivity contribution in [1.82, 2.24) is 24.7 Å². The summed E-state index contributed by atoms with van der Waals surface area (Å²) in [7, 11) is 0. The first-order valence-electron chi connectivity index (χ1n) is 5.03. The second-order valence-corrected chi connectivity index (χ2v) is 3.24. The first-order chi connectivity index (χ1) is 7.79. The van der Waals surface area contributed by atoms with E-state index in [4.69, 9.17) is 5.73 Å². The fourth-order valence-electron chi connectivity index (χ4n) is 1.24. The van der Waals surface area contributed by atoms with Crippen molar-refractivity contribution in [2.24, 2.45) is 0 Å². The van der Waals surface area contributed by atoms with Gasteiger partial charge in [-0.3, -0.25) is 0 Å². The predicted molar refractivity (Wildman–Crippen MR) is 60.1 cm³/mol. The maximum atomic E-state index is 5.61. The molecule has 3 N–H and O–H groups in total. The van der Waals surface area contributed by atoms with Gasteiger partial charge in [0.2, 0.25) is 5.95 Å². The lowest BCUT2D eigenvalue weighted by Crippen LogP contribution is -2.08. The van der Waals surface area contributed by atoms with Gasteiger partial charge in [-0.2, -0.15) is 15.1 Å². The van der Waals surface area contributed by atoms with Crippen molar-refractivity contribution in [3.05, 3.63) is 18.7 Å². The van der Waals surface area contributed by atoms with Crippen molar-refractivity contribution in [2.75, 3.05) is 17.6 Å². The average molecular weight is 219 g/mol. The number of nitrogen functional groups attached to an aromatic ring is 1. The van der Waals surface area contributed by atoms with Crippen LogP contribution >= 0.6 is 0 Å². The Balaban J connectivity index is 2.29. The standard InChI is InChI=1S/C9H13N7/c1-2-3-12-7-4-8(15-9(10)14-7)16-6-11-5-13-16/h4-6H,2-3H2,1H3,(H3,10,12,14,15). The van der Waals surface area contributed by atoms with Crippen molar-refractivity contribution >= 4 is 11.8 Å². The molecule has 2 heterocycles. The van der Waals surface area contributed by atoms with E-state index in [1.54, 1.807) is 12.4 Å². The van der Waals surface area contributed by atoms with E-state index in [0.29, 0.717) is 11.6 Å². The van der Waals surface area contributed by atoms with Crippen LogP contribution in [-0.4, -0.2) is 31.3 Å². The molecule has 0 aliphatic carbocycles. The number of nitrogens with one attached hydrogen (secondary N) is 1. The van der Waals surface area contributed by atoms with Crippen molar-refractivity contribution in [3.8, 4) is 5.82 Å². The molecule has 0 spiro atoms. The van der Waals surface area contributed by atoms with Crippen LogP contribution in [0.4, 0.5) is 11.8 Å². The second kappa shape index (κ2) is 4.56. The Kier molecular flexibility index (Phi) is 2.95. The molecule has 0 fully saturated rings. The minimum Gasteiger partial charge on any atom is -0.370 e. The second-order valence-electron chi connectivity index (χ2n) is 3.24. The normalized spacial score (nSPS) is 10.3. The van der Waals surface area contributed by atoms with E-state index in [1.807, 2.05) is 0 Å².